The van der Waals surface area contributed by atoms with Crippen LogP contribution in [-0.4, -0.2) is 0 Å². The van der Waals surface area contributed by atoms with Gasteiger partial charge in [-0.25, -0.2) is 0 Å². The maximum atomic E-state index is 2.40. The maximum absolute atomic E-state index is 2.40. The van der Waals surface area contributed by atoms with Crippen LogP contribution in [-0.2, 0) is 6.42 Å². The van der Waals surface area contributed by atoms with E-state index >= 15 is 0 Å². The van der Waals surface area contributed by atoms with Crippen molar-refractivity contribution in [3.8, 4) is 0 Å². The van der Waals surface area contributed by atoms with Crippen LogP contribution in [0.2, 0.25) is 0 Å². The van der Waals surface area contributed by atoms with Gasteiger partial charge in [-0.05, 0) is 55.4 Å². The second-order valence-corrected chi connectivity index (χ2v) is 6.36. The van der Waals surface area contributed by atoms with E-state index in [9.17, 15) is 0 Å². The smallest absolute Gasteiger partial charge is 0.0181 e. The lowest BCUT2D eigenvalue weighted by atomic mass is 9.99. The minimum atomic E-state index is 0.758. The van der Waals surface area contributed by atoms with Gasteiger partial charge in [0.15, 0.2) is 0 Å². The number of rotatable bonds is 5. The Kier molecular flexibility index (Phi) is 5.00. The molecule has 0 nitrogen and oxygen atoms in total. The Morgan fingerprint density at radius 3 is 2.50 bits per heavy atom. The summed E-state index contributed by atoms with van der Waals surface area (Å²) in [5, 5.41) is 2.71. The fourth-order valence-corrected chi connectivity index (χ4v) is 2.45. The Bertz CT molecular complexity index is 602. The summed E-state index contributed by atoms with van der Waals surface area (Å²) in [6, 6.07) is 13.6. The van der Waals surface area contributed by atoms with Crippen molar-refractivity contribution in [1.82, 2.24) is 0 Å². The molecule has 20 heavy (non-hydrogen) atoms. The molecule has 106 valence electrons. The van der Waals surface area contributed by atoms with E-state index in [4.69, 9.17) is 0 Å². The molecule has 0 unspecified atom stereocenters. The molecule has 2 aromatic rings. The quantitative estimate of drug-likeness (QED) is 0.576. The van der Waals surface area contributed by atoms with Crippen LogP contribution < -0.4 is 0 Å². The first-order chi connectivity index (χ1) is 9.54. The van der Waals surface area contributed by atoms with Gasteiger partial charge in [-0.15, -0.1) is 0 Å². The highest BCUT2D eigenvalue weighted by Crippen LogP contribution is 2.19. The van der Waals surface area contributed by atoms with Gasteiger partial charge in [0.05, 0.1) is 0 Å². The zero-order valence-corrected chi connectivity index (χ0v) is 13.2. The molecule has 0 atom stereocenters. The van der Waals surface area contributed by atoms with E-state index < -0.39 is 0 Å². The van der Waals surface area contributed by atoms with Crippen LogP contribution in [0.1, 0.15) is 44.7 Å². The van der Waals surface area contributed by atoms with E-state index in [1.807, 2.05) is 0 Å². The fraction of sp³-hybridized carbons (Fsp3) is 0.400. The standard InChI is InChI=1S/C20H26/c1-15(2)5-6-16(3)7-9-18-10-12-19-13-17(4)8-11-20(19)14-18/h6,8,10-15H,5,7,9H2,1-4H3/b16-6+. The van der Waals surface area contributed by atoms with E-state index in [0.29, 0.717) is 0 Å². The summed E-state index contributed by atoms with van der Waals surface area (Å²) in [6.45, 7) is 8.95. The molecule has 0 N–H and O–H groups in total. The van der Waals surface area contributed by atoms with E-state index in [1.165, 1.54) is 40.3 Å². The average molecular weight is 266 g/mol. The maximum Gasteiger partial charge on any atom is -0.0181 e. The normalized spacial score (nSPS) is 12.3. The molecule has 0 radical (unpaired) electrons. The van der Waals surface area contributed by atoms with Crippen LogP contribution in [0.25, 0.3) is 10.8 Å². The van der Waals surface area contributed by atoms with Gasteiger partial charge >= 0.3 is 0 Å². The van der Waals surface area contributed by atoms with E-state index in [0.717, 1.165) is 12.3 Å². The van der Waals surface area contributed by atoms with Crippen molar-refractivity contribution in [2.75, 3.05) is 0 Å². The lowest BCUT2D eigenvalue weighted by Crippen LogP contribution is -1.89. The molecular weight excluding hydrogens is 240 g/mol. The van der Waals surface area contributed by atoms with Gasteiger partial charge in [0.1, 0.15) is 0 Å². The Labute approximate surface area is 123 Å². The van der Waals surface area contributed by atoms with Crippen molar-refractivity contribution >= 4 is 10.8 Å². The molecule has 0 saturated carbocycles. The average Bonchev–Trinajstić information content (AvgIpc) is 2.42. The van der Waals surface area contributed by atoms with Gasteiger partial charge in [-0.1, -0.05) is 67.5 Å². The Balaban J connectivity index is 2.03. The van der Waals surface area contributed by atoms with Crippen molar-refractivity contribution in [2.24, 2.45) is 5.92 Å². The molecule has 0 aromatic heterocycles. The molecule has 0 saturated heterocycles. The van der Waals surface area contributed by atoms with Gasteiger partial charge in [0.25, 0.3) is 0 Å². The highest BCUT2D eigenvalue weighted by atomic mass is 14.0. The molecule has 0 amide bonds. The second-order valence-electron chi connectivity index (χ2n) is 6.36. The predicted molar refractivity (Wildman–Crippen MR) is 90.2 cm³/mol. The van der Waals surface area contributed by atoms with E-state index in [-0.39, 0.29) is 0 Å². The first-order valence-electron chi connectivity index (χ1n) is 7.69. The summed E-state index contributed by atoms with van der Waals surface area (Å²) in [5.74, 6) is 0.758. The Hall–Kier alpha value is -1.56. The molecule has 0 heteroatoms. The van der Waals surface area contributed by atoms with Crippen LogP contribution in [0.4, 0.5) is 0 Å². The largest absolute Gasteiger partial charge is 0.0853 e. The zero-order chi connectivity index (χ0) is 14.5. The zero-order valence-electron chi connectivity index (χ0n) is 13.2. The Morgan fingerprint density at radius 2 is 1.75 bits per heavy atom. The molecule has 2 aromatic carbocycles. The van der Waals surface area contributed by atoms with Crippen LogP contribution >= 0.6 is 0 Å². The van der Waals surface area contributed by atoms with Crippen molar-refractivity contribution < 1.29 is 0 Å². The van der Waals surface area contributed by atoms with Crippen molar-refractivity contribution in [3.05, 3.63) is 59.2 Å². The number of hydrogen-bond acceptors (Lipinski definition) is 0. The lowest BCUT2D eigenvalue weighted by molar-refractivity contribution is 0.659. The van der Waals surface area contributed by atoms with Gasteiger partial charge in [-0.3, -0.25) is 0 Å². The van der Waals surface area contributed by atoms with Gasteiger partial charge in [-0.2, -0.15) is 0 Å². The summed E-state index contributed by atoms with van der Waals surface area (Å²) in [7, 11) is 0. The topological polar surface area (TPSA) is 0 Å². The third kappa shape index (κ3) is 4.23. The highest BCUT2D eigenvalue weighted by molar-refractivity contribution is 5.83. The minimum Gasteiger partial charge on any atom is -0.0853 e. The predicted octanol–water partition coefficient (Wildman–Crippen LogP) is 6.07. The molecule has 0 spiro atoms. The molecule has 0 fully saturated rings. The second kappa shape index (κ2) is 6.74. The van der Waals surface area contributed by atoms with Crippen LogP contribution in [0.15, 0.2) is 48.0 Å². The monoisotopic (exact) mass is 266 g/mol. The number of aryl methyl sites for hydroxylation is 2. The number of hydrogen-bond donors (Lipinski definition) is 0. The lowest BCUT2D eigenvalue weighted by Gasteiger charge is -2.06. The van der Waals surface area contributed by atoms with Crippen molar-refractivity contribution in [2.45, 2.75) is 47.0 Å². The fourth-order valence-electron chi connectivity index (χ4n) is 2.45. The van der Waals surface area contributed by atoms with Crippen molar-refractivity contribution in [3.63, 3.8) is 0 Å². The summed E-state index contributed by atoms with van der Waals surface area (Å²) in [5.41, 5.74) is 4.29. The third-order valence-corrected chi connectivity index (χ3v) is 3.81. The molecule has 0 bridgehead atoms. The van der Waals surface area contributed by atoms with Crippen LogP contribution in [0.3, 0.4) is 0 Å². The molecule has 2 rings (SSSR count). The van der Waals surface area contributed by atoms with Crippen LogP contribution in [0.5, 0.6) is 0 Å². The summed E-state index contributed by atoms with van der Waals surface area (Å²) in [4.78, 5) is 0. The van der Waals surface area contributed by atoms with Crippen LogP contribution in [0, 0.1) is 12.8 Å². The molecule has 0 aliphatic rings. The first-order valence-corrected chi connectivity index (χ1v) is 7.69. The summed E-state index contributed by atoms with van der Waals surface area (Å²) >= 11 is 0. The summed E-state index contributed by atoms with van der Waals surface area (Å²) < 4.78 is 0. The molecule has 0 heterocycles. The van der Waals surface area contributed by atoms with Gasteiger partial charge in [0, 0.05) is 0 Å². The van der Waals surface area contributed by atoms with Crippen molar-refractivity contribution in [1.29, 1.82) is 0 Å². The Morgan fingerprint density at radius 1 is 1.05 bits per heavy atom. The number of benzene rings is 2. The first kappa shape index (κ1) is 14.8. The SMILES string of the molecule is C/C(=C\CC(C)C)CCc1ccc2cc(C)ccc2c1. The molecular formula is C20H26. The van der Waals surface area contributed by atoms with E-state index in [1.54, 1.807) is 0 Å². The molecule has 0 aliphatic heterocycles. The third-order valence-electron chi connectivity index (χ3n) is 3.81. The number of fused-ring (bicyclic) bond motifs is 1. The highest BCUT2D eigenvalue weighted by Gasteiger charge is 1.99. The van der Waals surface area contributed by atoms with Gasteiger partial charge in [0.2, 0.25) is 0 Å². The van der Waals surface area contributed by atoms with Gasteiger partial charge < -0.3 is 0 Å². The number of allylic oxidation sites excluding steroid dienone is 2. The summed E-state index contributed by atoms with van der Waals surface area (Å²) in [6.07, 6.45) is 5.91. The van der Waals surface area contributed by atoms with E-state index in [2.05, 4.69) is 70.2 Å². The molecule has 0 aliphatic carbocycles. The minimum absolute atomic E-state index is 0.758.